The number of anilines is 2. The average molecular weight is 560 g/mol. The van der Waals surface area contributed by atoms with Gasteiger partial charge in [-0.3, -0.25) is 4.79 Å². The Balaban J connectivity index is 1.48. The Labute approximate surface area is 236 Å². The Morgan fingerprint density at radius 3 is 2.54 bits per heavy atom. The van der Waals surface area contributed by atoms with Crippen molar-refractivity contribution in [2.24, 2.45) is 0 Å². The largest absolute Gasteiger partial charge is 0.497 e. The van der Waals surface area contributed by atoms with Crippen molar-refractivity contribution in [1.82, 2.24) is 14.8 Å². The van der Waals surface area contributed by atoms with Gasteiger partial charge >= 0.3 is 0 Å². The van der Waals surface area contributed by atoms with Crippen LogP contribution in [-0.2, 0) is 11.4 Å². The van der Waals surface area contributed by atoms with Crippen molar-refractivity contribution in [2.45, 2.75) is 26.5 Å². The maximum atomic E-state index is 13.8. The number of carbonyl (C=O) groups is 1. The van der Waals surface area contributed by atoms with E-state index < -0.39 is 6.04 Å². The van der Waals surface area contributed by atoms with E-state index >= 15 is 0 Å². The molecule has 2 N–H and O–H groups in total. The predicted molar refractivity (Wildman–Crippen MR) is 151 cm³/mol. The minimum atomic E-state index is -0.622. The van der Waals surface area contributed by atoms with Crippen LogP contribution in [0.5, 0.6) is 23.0 Å². The van der Waals surface area contributed by atoms with Crippen molar-refractivity contribution < 1.29 is 28.1 Å². The summed E-state index contributed by atoms with van der Waals surface area (Å²) in [5.41, 5.74) is 3.09. The van der Waals surface area contributed by atoms with E-state index in [1.54, 1.807) is 48.2 Å². The van der Waals surface area contributed by atoms with Crippen LogP contribution in [0.2, 0.25) is 0 Å². The molecule has 3 aromatic carbocycles. The van der Waals surface area contributed by atoms with Crippen molar-refractivity contribution in [1.29, 1.82) is 0 Å². The van der Waals surface area contributed by atoms with Gasteiger partial charge in [0, 0.05) is 11.8 Å². The van der Waals surface area contributed by atoms with Crippen LogP contribution in [0.4, 0.5) is 16.0 Å². The van der Waals surface area contributed by atoms with Crippen LogP contribution in [0.25, 0.3) is 0 Å². The van der Waals surface area contributed by atoms with E-state index in [0.29, 0.717) is 52.5 Å². The van der Waals surface area contributed by atoms with Crippen molar-refractivity contribution >= 4 is 17.5 Å². The Bertz CT molecular complexity index is 1580. The van der Waals surface area contributed by atoms with E-state index in [4.69, 9.17) is 18.9 Å². The highest BCUT2D eigenvalue weighted by Crippen LogP contribution is 2.40. The topological polar surface area (TPSA) is 109 Å². The first-order chi connectivity index (χ1) is 19.9. The van der Waals surface area contributed by atoms with Crippen molar-refractivity contribution in [3.05, 3.63) is 95.2 Å². The van der Waals surface area contributed by atoms with E-state index in [-0.39, 0.29) is 18.3 Å². The molecule has 0 spiro atoms. The number of allylic oxidation sites excluding steroid dienone is 1. The molecule has 0 bridgehead atoms. The van der Waals surface area contributed by atoms with E-state index in [2.05, 4.69) is 20.7 Å². The first-order valence-electron chi connectivity index (χ1n) is 13.0. The molecular weight excluding hydrogens is 529 g/mol. The Morgan fingerprint density at radius 1 is 1.00 bits per heavy atom. The van der Waals surface area contributed by atoms with Crippen LogP contribution in [-0.4, -0.2) is 41.5 Å². The molecule has 1 atom stereocenters. The molecule has 0 saturated carbocycles. The second kappa shape index (κ2) is 12.0. The predicted octanol–water partition coefficient (Wildman–Crippen LogP) is 5.34. The quantitative estimate of drug-likeness (QED) is 0.268. The molecule has 2 heterocycles. The lowest BCUT2D eigenvalue weighted by Crippen LogP contribution is -2.31. The van der Waals surface area contributed by atoms with Gasteiger partial charge in [0.15, 0.2) is 11.5 Å². The highest BCUT2D eigenvalue weighted by atomic mass is 19.1. The van der Waals surface area contributed by atoms with Gasteiger partial charge in [0.25, 0.3) is 5.91 Å². The standard InChI is InChI=1S/C30H30FN5O5/c1-5-40-26-14-20(8-13-24(26)41-16-19-6-9-21(31)10-7-19)28-27(18(2)34-30-32-17-33-36(28)30)29(37)35-23-12-11-22(38-3)15-25(23)39-4/h6-15,17,28H,5,16H2,1-4H3,(H,35,37)(H,32,33,34). The Morgan fingerprint density at radius 2 is 1.80 bits per heavy atom. The zero-order valence-electron chi connectivity index (χ0n) is 23.1. The van der Waals surface area contributed by atoms with Crippen molar-refractivity contribution in [2.75, 3.05) is 31.5 Å². The number of hydrogen-bond donors (Lipinski definition) is 2. The maximum Gasteiger partial charge on any atom is 0.255 e. The summed E-state index contributed by atoms with van der Waals surface area (Å²) in [6.45, 7) is 4.32. The number of methoxy groups -OCH3 is 2. The van der Waals surface area contributed by atoms with Gasteiger partial charge < -0.3 is 29.6 Å². The third-order valence-corrected chi connectivity index (χ3v) is 6.59. The van der Waals surface area contributed by atoms with Gasteiger partial charge in [0.05, 0.1) is 32.1 Å². The van der Waals surface area contributed by atoms with Gasteiger partial charge in [0.2, 0.25) is 5.95 Å². The molecule has 4 aromatic rings. The number of benzene rings is 3. The molecule has 0 saturated heterocycles. The van der Waals surface area contributed by atoms with E-state index in [1.165, 1.54) is 25.6 Å². The minimum Gasteiger partial charge on any atom is -0.497 e. The monoisotopic (exact) mass is 559 g/mol. The summed E-state index contributed by atoms with van der Waals surface area (Å²) in [5.74, 6) is 1.92. The number of rotatable bonds is 10. The lowest BCUT2D eigenvalue weighted by molar-refractivity contribution is -0.113. The van der Waals surface area contributed by atoms with Crippen molar-refractivity contribution in [3.8, 4) is 23.0 Å². The number of nitrogens with one attached hydrogen (secondary N) is 2. The van der Waals surface area contributed by atoms with E-state index in [9.17, 15) is 9.18 Å². The molecule has 1 aromatic heterocycles. The van der Waals surface area contributed by atoms with E-state index in [1.807, 2.05) is 26.0 Å². The number of halogens is 1. The number of hydrogen-bond acceptors (Lipinski definition) is 8. The molecule has 11 heteroatoms. The van der Waals surface area contributed by atoms with Gasteiger partial charge in [-0.2, -0.15) is 10.1 Å². The van der Waals surface area contributed by atoms with Crippen LogP contribution in [0.1, 0.15) is 31.0 Å². The molecule has 0 aliphatic carbocycles. The summed E-state index contributed by atoms with van der Waals surface area (Å²) in [7, 11) is 3.08. The molecule has 0 fully saturated rings. The van der Waals surface area contributed by atoms with Crippen LogP contribution >= 0.6 is 0 Å². The van der Waals surface area contributed by atoms with Gasteiger partial charge in [-0.1, -0.05) is 18.2 Å². The van der Waals surface area contributed by atoms with Crippen LogP contribution in [0.15, 0.2) is 78.3 Å². The van der Waals surface area contributed by atoms with Crippen molar-refractivity contribution in [3.63, 3.8) is 0 Å². The van der Waals surface area contributed by atoms with Gasteiger partial charge in [0.1, 0.15) is 36.3 Å². The average Bonchev–Trinajstić information content (AvgIpc) is 3.45. The fraction of sp³-hybridized carbons (Fsp3) is 0.233. The van der Waals surface area contributed by atoms with Crippen LogP contribution < -0.4 is 29.6 Å². The van der Waals surface area contributed by atoms with Crippen LogP contribution in [0.3, 0.4) is 0 Å². The number of nitrogens with zero attached hydrogens (tertiary/aromatic N) is 3. The van der Waals surface area contributed by atoms with Gasteiger partial charge in [-0.05, 0) is 61.4 Å². The third-order valence-electron chi connectivity index (χ3n) is 6.59. The highest BCUT2D eigenvalue weighted by molar-refractivity contribution is 6.06. The first kappa shape index (κ1) is 27.5. The number of fused-ring (bicyclic) bond motifs is 1. The third kappa shape index (κ3) is 5.79. The SMILES string of the molecule is CCOc1cc(C2C(C(=O)Nc3ccc(OC)cc3OC)=C(C)Nc3ncnn32)ccc1OCc1ccc(F)cc1. The van der Waals surface area contributed by atoms with Gasteiger partial charge in [-0.15, -0.1) is 0 Å². The van der Waals surface area contributed by atoms with Crippen LogP contribution in [0, 0.1) is 5.82 Å². The first-order valence-corrected chi connectivity index (χ1v) is 13.0. The summed E-state index contributed by atoms with van der Waals surface area (Å²) < 4.78 is 37.6. The molecule has 41 heavy (non-hydrogen) atoms. The smallest absolute Gasteiger partial charge is 0.255 e. The second-order valence-electron chi connectivity index (χ2n) is 9.17. The summed E-state index contributed by atoms with van der Waals surface area (Å²) in [6, 6.07) is 16.1. The number of amides is 1. The number of aromatic nitrogens is 3. The zero-order valence-corrected chi connectivity index (χ0v) is 23.1. The maximum absolute atomic E-state index is 13.8. The zero-order chi connectivity index (χ0) is 28.9. The second-order valence-corrected chi connectivity index (χ2v) is 9.17. The molecule has 1 unspecified atom stereocenters. The van der Waals surface area contributed by atoms with Gasteiger partial charge in [-0.25, -0.2) is 9.07 Å². The van der Waals surface area contributed by atoms with E-state index in [0.717, 1.165) is 11.1 Å². The fourth-order valence-corrected chi connectivity index (χ4v) is 4.61. The summed E-state index contributed by atoms with van der Waals surface area (Å²) in [5, 5.41) is 10.5. The molecular formula is C30H30FN5O5. The highest BCUT2D eigenvalue weighted by Gasteiger charge is 2.34. The lowest BCUT2D eigenvalue weighted by atomic mass is 9.94. The Hall–Kier alpha value is -5.06. The number of carbonyl (C=O) groups excluding carboxylic acids is 1. The molecule has 1 aliphatic rings. The molecule has 10 nitrogen and oxygen atoms in total. The molecule has 212 valence electrons. The molecule has 1 amide bonds. The molecule has 5 rings (SSSR count). The summed E-state index contributed by atoms with van der Waals surface area (Å²) in [4.78, 5) is 18.1. The Kier molecular flexibility index (Phi) is 8.04. The number of ether oxygens (including phenoxy) is 4. The summed E-state index contributed by atoms with van der Waals surface area (Å²) >= 11 is 0. The fourth-order valence-electron chi connectivity index (χ4n) is 4.61. The molecule has 1 aliphatic heterocycles. The normalized spacial score (nSPS) is 14.1. The minimum absolute atomic E-state index is 0.233. The summed E-state index contributed by atoms with van der Waals surface area (Å²) in [6.07, 6.45) is 1.43. The lowest BCUT2D eigenvalue weighted by Gasteiger charge is -2.29. The molecule has 0 radical (unpaired) electrons.